The standard InChI is InChI=1S/C15H16ClNO4/c1-15(2,3)12-11(14(18)19)21-13(17-12)9-7-8(16)5-6-10(9)20-4/h5-7H,1-4H3,(H,18,19). The lowest BCUT2D eigenvalue weighted by molar-refractivity contribution is 0.0659. The lowest BCUT2D eigenvalue weighted by atomic mass is 9.91. The van der Waals surface area contributed by atoms with Gasteiger partial charge in [0.15, 0.2) is 0 Å². The van der Waals surface area contributed by atoms with Crippen LogP contribution in [0.25, 0.3) is 11.5 Å². The summed E-state index contributed by atoms with van der Waals surface area (Å²) >= 11 is 5.98. The molecule has 112 valence electrons. The molecule has 6 heteroatoms. The molecule has 5 nitrogen and oxygen atoms in total. The molecule has 0 fully saturated rings. The number of carbonyl (C=O) groups is 1. The van der Waals surface area contributed by atoms with E-state index in [-0.39, 0.29) is 11.7 Å². The summed E-state index contributed by atoms with van der Waals surface area (Å²) in [4.78, 5) is 15.7. The van der Waals surface area contributed by atoms with E-state index < -0.39 is 11.4 Å². The quantitative estimate of drug-likeness (QED) is 0.927. The molecule has 0 amide bonds. The van der Waals surface area contributed by atoms with Crippen LogP contribution in [0.2, 0.25) is 5.02 Å². The van der Waals surface area contributed by atoms with Crippen molar-refractivity contribution < 1.29 is 19.1 Å². The Morgan fingerprint density at radius 3 is 2.52 bits per heavy atom. The summed E-state index contributed by atoms with van der Waals surface area (Å²) in [6.07, 6.45) is 0. The van der Waals surface area contributed by atoms with E-state index in [0.29, 0.717) is 22.0 Å². The van der Waals surface area contributed by atoms with Crippen LogP contribution in [0.4, 0.5) is 0 Å². The number of benzene rings is 1. The Hall–Kier alpha value is -2.01. The van der Waals surface area contributed by atoms with Gasteiger partial charge in [0.2, 0.25) is 11.7 Å². The van der Waals surface area contributed by atoms with E-state index in [4.69, 9.17) is 20.8 Å². The van der Waals surface area contributed by atoms with Crippen molar-refractivity contribution in [1.82, 2.24) is 4.98 Å². The summed E-state index contributed by atoms with van der Waals surface area (Å²) in [5.74, 6) is -0.631. The van der Waals surface area contributed by atoms with Gasteiger partial charge in [-0.25, -0.2) is 9.78 Å². The van der Waals surface area contributed by atoms with E-state index in [1.807, 2.05) is 20.8 Å². The average Bonchev–Trinajstić information content (AvgIpc) is 2.83. The average molecular weight is 310 g/mol. The number of aromatic carboxylic acids is 1. The SMILES string of the molecule is COc1ccc(Cl)cc1-c1nc(C(C)(C)C)c(C(=O)O)o1. The second-order valence-electron chi connectivity index (χ2n) is 5.60. The highest BCUT2D eigenvalue weighted by Gasteiger charge is 2.29. The number of methoxy groups -OCH3 is 1. The Morgan fingerprint density at radius 2 is 2.05 bits per heavy atom. The molecular weight excluding hydrogens is 294 g/mol. The van der Waals surface area contributed by atoms with Crippen molar-refractivity contribution in [2.75, 3.05) is 7.11 Å². The third-order valence-electron chi connectivity index (χ3n) is 2.92. The summed E-state index contributed by atoms with van der Waals surface area (Å²) in [5.41, 5.74) is 0.441. The molecule has 0 atom stereocenters. The fourth-order valence-corrected chi connectivity index (χ4v) is 2.11. The predicted octanol–water partition coefficient (Wildman–Crippen LogP) is 4.00. The largest absolute Gasteiger partial charge is 0.496 e. The Morgan fingerprint density at radius 1 is 1.38 bits per heavy atom. The molecule has 0 unspecified atom stereocenters. The fourth-order valence-electron chi connectivity index (χ4n) is 1.94. The first-order valence-electron chi connectivity index (χ1n) is 6.32. The summed E-state index contributed by atoms with van der Waals surface area (Å²) in [6, 6.07) is 4.99. The molecule has 0 aliphatic heterocycles. The lowest BCUT2D eigenvalue weighted by Crippen LogP contribution is -2.16. The Bertz CT molecular complexity index is 685. The Kier molecular flexibility index (Phi) is 3.96. The Labute approximate surface area is 127 Å². The molecule has 1 N–H and O–H groups in total. The Balaban J connectivity index is 2.66. The first kappa shape index (κ1) is 15.4. The molecule has 2 aromatic rings. The molecule has 2 rings (SSSR count). The lowest BCUT2D eigenvalue weighted by Gasteiger charge is -2.14. The number of hydrogen-bond donors (Lipinski definition) is 1. The van der Waals surface area contributed by atoms with Crippen molar-refractivity contribution in [1.29, 1.82) is 0 Å². The second-order valence-corrected chi connectivity index (χ2v) is 6.03. The van der Waals surface area contributed by atoms with Gasteiger partial charge in [-0.3, -0.25) is 0 Å². The van der Waals surface area contributed by atoms with Gasteiger partial charge in [0.25, 0.3) is 0 Å². The topological polar surface area (TPSA) is 72.6 Å². The van der Waals surface area contributed by atoms with Gasteiger partial charge < -0.3 is 14.3 Å². The number of oxazole rings is 1. The van der Waals surface area contributed by atoms with Crippen LogP contribution in [0.3, 0.4) is 0 Å². The molecular formula is C15H16ClNO4. The van der Waals surface area contributed by atoms with Gasteiger partial charge in [-0.15, -0.1) is 0 Å². The van der Waals surface area contributed by atoms with Crippen molar-refractivity contribution in [3.8, 4) is 17.2 Å². The molecule has 0 aliphatic rings. The number of carboxylic acid groups (broad SMARTS) is 1. The van der Waals surface area contributed by atoms with Gasteiger partial charge in [-0.2, -0.15) is 0 Å². The van der Waals surface area contributed by atoms with Crippen molar-refractivity contribution >= 4 is 17.6 Å². The third-order valence-corrected chi connectivity index (χ3v) is 3.16. The highest BCUT2D eigenvalue weighted by atomic mass is 35.5. The van der Waals surface area contributed by atoms with Gasteiger partial charge in [0.1, 0.15) is 11.4 Å². The zero-order valence-corrected chi connectivity index (χ0v) is 13.0. The summed E-state index contributed by atoms with van der Waals surface area (Å²) < 4.78 is 10.7. The predicted molar refractivity (Wildman–Crippen MR) is 79.2 cm³/mol. The molecule has 0 saturated heterocycles. The van der Waals surface area contributed by atoms with Crippen LogP contribution in [-0.2, 0) is 5.41 Å². The minimum absolute atomic E-state index is 0.167. The summed E-state index contributed by atoms with van der Waals surface area (Å²) in [7, 11) is 1.51. The molecule has 1 aromatic heterocycles. The maximum atomic E-state index is 11.3. The minimum Gasteiger partial charge on any atom is -0.496 e. The van der Waals surface area contributed by atoms with Crippen LogP contribution in [0.15, 0.2) is 22.6 Å². The van der Waals surface area contributed by atoms with Crippen molar-refractivity contribution in [2.45, 2.75) is 26.2 Å². The van der Waals surface area contributed by atoms with Gasteiger partial charge >= 0.3 is 5.97 Å². The summed E-state index contributed by atoms with van der Waals surface area (Å²) in [5, 5.41) is 9.76. The van der Waals surface area contributed by atoms with Crippen molar-refractivity contribution in [3.63, 3.8) is 0 Å². The zero-order chi connectivity index (χ0) is 15.8. The normalized spacial score (nSPS) is 11.5. The molecule has 0 bridgehead atoms. The van der Waals surface area contributed by atoms with Crippen LogP contribution >= 0.6 is 11.6 Å². The smallest absolute Gasteiger partial charge is 0.373 e. The van der Waals surface area contributed by atoms with Gasteiger partial charge in [-0.1, -0.05) is 32.4 Å². The van der Waals surface area contributed by atoms with E-state index in [9.17, 15) is 9.90 Å². The molecule has 21 heavy (non-hydrogen) atoms. The van der Waals surface area contributed by atoms with Crippen LogP contribution in [0.5, 0.6) is 5.75 Å². The van der Waals surface area contributed by atoms with Crippen molar-refractivity contribution in [3.05, 3.63) is 34.7 Å². The number of hydrogen-bond acceptors (Lipinski definition) is 4. The van der Waals surface area contributed by atoms with Gasteiger partial charge in [0.05, 0.1) is 12.7 Å². The van der Waals surface area contributed by atoms with Crippen molar-refractivity contribution in [2.24, 2.45) is 0 Å². The number of carboxylic acids is 1. The second kappa shape index (κ2) is 5.41. The van der Waals surface area contributed by atoms with Crippen LogP contribution < -0.4 is 4.74 Å². The van der Waals surface area contributed by atoms with Crippen LogP contribution in [0.1, 0.15) is 37.0 Å². The molecule has 0 spiro atoms. The highest BCUT2D eigenvalue weighted by Crippen LogP contribution is 2.35. The van der Waals surface area contributed by atoms with Crippen LogP contribution in [-0.4, -0.2) is 23.2 Å². The maximum Gasteiger partial charge on any atom is 0.373 e. The molecule has 0 radical (unpaired) electrons. The van der Waals surface area contributed by atoms with E-state index in [0.717, 1.165) is 0 Å². The number of nitrogens with zero attached hydrogens (tertiary/aromatic N) is 1. The first-order valence-corrected chi connectivity index (χ1v) is 6.70. The number of halogens is 1. The van der Waals surface area contributed by atoms with Crippen LogP contribution in [0, 0.1) is 0 Å². The number of rotatable bonds is 3. The molecule has 1 aromatic carbocycles. The van der Waals surface area contributed by atoms with E-state index in [1.54, 1.807) is 18.2 Å². The van der Waals surface area contributed by atoms with E-state index in [2.05, 4.69) is 4.98 Å². The number of aromatic nitrogens is 1. The highest BCUT2D eigenvalue weighted by molar-refractivity contribution is 6.30. The molecule has 0 aliphatic carbocycles. The molecule has 1 heterocycles. The monoisotopic (exact) mass is 309 g/mol. The summed E-state index contributed by atoms with van der Waals surface area (Å²) in [6.45, 7) is 5.61. The van der Waals surface area contributed by atoms with E-state index in [1.165, 1.54) is 7.11 Å². The van der Waals surface area contributed by atoms with E-state index >= 15 is 0 Å². The maximum absolute atomic E-state index is 11.3. The first-order chi connectivity index (χ1) is 9.74. The minimum atomic E-state index is -1.15. The van der Waals surface area contributed by atoms with Gasteiger partial charge in [-0.05, 0) is 18.2 Å². The zero-order valence-electron chi connectivity index (χ0n) is 12.2. The third kappa shape index (κ3) is 3.03. The van der Waals surface area contributed by atoms with Gasteiger partial charge in [0, 0.05) is 10.4 Å². The fraction of sp³-hybridized carbons (Fsp3) is 0.333. The number of ether oxygens (including phenoxy) is 1. The molecule has 0 saturated carbocycles.